The van der Waals surface area contributed by atoms with E-state index in [9.17, 15) is 0 Å². The smallest absolute Gasteiger partial charge is 0.135 e. The van der Waals surface area contributed by atoms with Gasteiger partial charge >= 0.3 is 0 Å². The molecule has 2 atom stereocenters. The predicted octanol–water partition coefficient (Wildman–Crippen LogP) is 12.1. The average Bonchev–Trinajstić information content (AvgIpc) is 3.63. The Hall–Kier alpha value is -6.75. The second-order valence-corrected chi connectivity index (χ2v) is 13.6. The van der Waals surface area contributed by atoms with Crippen molar-refractivity contribution in [3.05, 3.63) is 205 Å². The second-order valence-electron chi connectivity index (χ2n) is 13.6. The van der Waals surface area contributed by atoms with Crippen LogP contribution >= 0.6 is 0 Å². The van der Waals surface area contributed by atoms with Gasteiger partial charge in [0.2, 0.25) is 0 Å². The SMILES string of the molecule is c1ccc(C2=NC(c3ccc(-c4cccc5ccccc45)cc3)NC(c3c(-c4ccc(-c5ccccc5)cc4)ccc4oc5ccccc5c34)N2)cc1. The number of aliphatic imine (C=N–C) groups is 1. The third-order valence-corrected chi connectivity index (χ3v) is 10.4. The maximum absolute atomic E-state index is 6.47. The zero-order valence-electron chi connectivity index (χ0n) is 28.9. The molecular formula is C49H35N3O. The minimum absolute atomic E-state index is 0.293. The van der Waals surface area contributed by atoms with Crippen molar-refractivity contribution in [1.82, 2.24) is 10.6 Å². The van der Waals surface area contributed by atoms with Crippen LogP contribution in [0.1, 0.15) is 29.0 Å². The molecule has 4 heteroatoms. The molecule has 2 unspecified atom stereocenters. The van der Waals surface area contributed by atoms with Gasteiger partial charge in [-0.15, -0.1) is 0 Å². The van der Waals surface area contributed by atoms with E-state index in [-0.39, 0.29) is 12.3 Å². The molecule has 9 aromatic rings. The number of nitrogens with one attached hydrogen (secondary N) is 2. The maximum atomic E-state index is 6.47. The molecule has 1 aliphatic heterocycles. The Bertz CT molecular complexity index is 2760. The van der Waals surface area contributed by atoms with Gasteiger partial charge in [-0.3, -0.25) is 5.32 Å². The van der Waals surface area contributed by atoms with Crippen LogP contribution in [0.4, 0.5) is 0 Å². The number of hydrogen-bond acceptors (Lipinski definition) is 4. The first kappa shape index (κ1) is 31.0. The van der Waals surface area contributed by atoms with Gasteiger partial charge in [-0.05, 0) is 61.8 Å². The number of para-hydroxylation sites is 1. The number of fused-ring (bicyclic) bond motifs is 4. The number of hydrogen-bond donors (Lipinski definition) is 2. The summed E-state index contributed by atoms with van der Waals surface area (Å²) in [5.41, 5.74) is 12.0. The molecule has 0 saturated carbocycles. The van der Waals surface area contributed by atoms with Crippen molar-refractivity contribution in [2.24, 2.45) is 4.99 Å². The number of amidine groups is 1. The number of furan rings is 1. The van der Waals surface area contributed by atoms with Crippen molar-refractivity contribution in [1.29, 1.82) is 0 Å². The fourth-order valence-electron chi connectivity index (χ4n) is 7.81. The molecule has 0 saturated heterocycles. The minimum atomic E-state index is -0.306. The van der Waals surface area contributed by atoms with Crippen molar-refractivity contribution >= 4 is 38.5 Å². The highest BCUT2D eigenvalue weighted by Gasteiger charge is 2.30. The van der Waals surface area contributed by atoms with Crippen LogP contribution in [0.25, 0.3) is 66.1 Å². The van der Waals surface area contributed by atoms with Gasteiger partial charge in [0.25, 0.3) is 0 Å². The summed E-state index contributed by atoms with van der Waals surface area (Å²) in [6, 6.07) is 66.4. The van der Waals surface area contributed by atoms with Crippen molar-refractivity contribution < 1.29 is 4.42 Å². The Balaban J connectivity index is 1.11. The molecule has 10 rings (SSSR count). The van der Waals surface area contributed by atoms with Crippen LogP contribution in [0.2, 0.25) is 0 Å². The molecule has 1 aromatic heterocycles. The largest absolute Gasteiger partial charge is 0.456 e. The summed E-state index contributed by atoms with van der Waals surface area (Å²) in [6.45, 7) is 0. The van der Waals surface area contributed by atoms with E-state index in [1.807, 2.05) is 18.2 Å². The highest BCUT2D eigenvalue weighted by atomic mass is 16.3. The predicted molar refractivity (Wildman–Crippen MR) is 219 cm³/mol. The van der Waals surface area contributed by atoms with Gasteiger partial charge in [0.05, 0.1) is 0 Å². The third kappa shape index (κ3) is 5.66. The standard InChI is InChI=1S/C49H35N3O/c1-3-12-32(13-4-1)33-22-24-36(25-23-33)41-30-31-44-45(42-19-9-10-21-43(42)53-44)46(41)49-51-47(37-15-5-2-6-16-37)50-48(52-49)38-28-26-35(27-29-38)40-20-11-17-34-14-7-8-18-39(34)40/h1-31,48-49,52H,(H,50,51). The number of rotatable bonds is 6. The van der Waals surface area contributed by atoms with Crippen LogP contribution < -0.4 is 10.6 Å². The molecule has 0 spiro atoms. The normalized spacial score (nSPS) is 15.7. The van der Waals surface area contributed by atoms with Gasteiger partial charge in [-0.25, -0.2) is 4.99 Å². The molecule has 2 N–H and O–H groups in total. The van der Waals surface area contributed by atoms with Gasteiger partial charge in [0.1, 0.15) is 29.3 Å². The zero-order valence-corrected chi connectivity index (χ0v) is 28.9. The summed E-state index contributed by atoms with van der Waals surface area (Å²) in [5, 5.41) is 12.4. The quantitative estimate of drug-likeness (QED) is 0.184. The van der Waals surface area contributed by atoms with Gasteiger partial charge in [-0.1, -0.05) is 176 Å². The molecule has 4 nitrogen and oxygen atoms in total. The Morgan fingerprint density at radius 1 is 0.434 bits per heavy atom. The van der Waals surface area contributed by atoms with E-state index in [0.29, 0.717) is 0 Å². The van der Waals surface area contributed by atoms with Crippen LogP contribution in [0.15, 0.2) is 197 Å². The lowest BCUT2D eigenvalue weighted by atomic mass is 9.91. The monoisotopic (exact) mass is 681 g/mol. The molecule has 252 valence electrons. The first-order valence-electron chi connectivity index (χ1n) is 18.1. The van der Waals surface area contributed by atoms with Gasteiger partial charge < -0.3 is 9.73 Å². The lowest BCUT2D eigenvalue weighted by Crippen LogP contribution is -2.45. The molecule has 0 aliphatic carbocycles. The molecule has 1 aliphatic rings. The molecule has 0 bridgehead atoms. The van der Waals surface area contributed by atoms with Crippen LogP contribution in [0.5, 0.6) is 0 Å². The Labute approximate surface area is 308 Å². The zero-order chi connectivity index (χ0) is 35.1. The number of nitrogens with zero attached hydrogens (tertiary/aromatic N) is 1. The Kier molecular flexibility index (Phi) is 7.67. The van der Waals surface area contributed by atoms with E-state index in [2.05, 4.69) is 180 Å². The van der Waals surface area contributed by atoms with Gasteiger partial charge in [-0.2, -0.15) is 0 Å². The lowest BCUT2D eigenvalue weighted by molar-refractivity contribution is 0.411. The maximum Gasteiger partial charge on any atom is 0.135 e. The van der Waals surface area contributed by atoms with Crippen LogP contribution in [-0.2, 0) is 0 Å². The van der Waals surface area contributed by atoms with E-state index in [1.54, 1.807) is 0 Å². The van der Waals surface area contributed by atoms with E-state index in [0.717, 1.165) is 55.6 Å². The Morgan fingerprint density at radius 3 is 1.83 bits per heavy atom. The molecular weight excluding hydrogens is 647 g/mol. The summed E-state index contributed by atoms with van der Waals surface area (Å²) >= 11 is 0. The van der Waals surface area contributed by atoms with E-state index >= 15 is 0 Å². The van der Waals surface area contributed by atoms with Crippen LogP contribution in [-0.4, -0.2) is 5.84 Å². The van der Waals surface area contributed by atoms with Crippen LogP contribution in [0, 0.1) is 0 Å². The summed E-state index contributed by atoms with van der Waals surface area (Å²) < 4.78 is 6.47. The molecule has 0 radical (unpaired) electrons. The first-order valence-corrected chi connectivity index (χ1v) is 18.1. The van der Waals surface area contributed by atoms with Crippen LogP contribution in [0.3, 0.4) is 0 Å². The molecule has 2 heterocycles. The van der Waals surface area contributed by atoms with E-state index < -0.39 is 0 Å². The summed E-state index contributed by atoms with van der Waals surface area (Å²) in [5.74, 6) is 0.840. The fraction of sp³-hybridized carbons (Fsp3) is 0.0408. The summed E-state index contributed by atoms with van der Waals surface area (Å²) in [6.07, 6.45) is -0.598. The average molecular weight is 682 g/mol. The van der Waals surface area contributed by atoms with Crippen molar-refractivity contribution in [3.8, 4) is 33.4 Å². The minimum Gasteiger partial charge on any atom is -0.456 e. The molecule has 8 aromatic carbocycles. The molecule has 53 heavy (non-hydrogen) atoms. The summed E-state index contributed by atoms with van der Waals surface area (Å²) in [4.78, 5) is 5.30. The summed E-state index contributed by atoms with van der Waals surface area (Å²) in [7, 11) is 0. The van der Waals surface area contributed by atoms with E-state index in [1.165, 1.54) is 33.0 Å². The van der Waals surface area contributed by atoms with Gasteiger partial charge in [0, 0.05) is 21.9 Å². The van der Waals surface area contributed by atoms with Crippen molar-refractivity contribution in [3.63, 3.8) is 0 Å². The highest BCUT2D eigenvalue weighted by Crippen LogP contribution is 2.42. The molecule has 0 amide bonds. The van der Waals surface area contributed by atoms with E-state index in [4.69, 9.17) is 9.41 Å². The molecule has 0 fully saturated rings. The topological polar surface area (TPSA) is 49.6 Å². The fourth-order valence-corrected chi connectivity index (χ4v) is 7.81. The van der Waals surface area contributed by atoms with Crippen molar-refractivity contribution in [2.45, 2.75) is 12.3 Å². The third-order valence-electron chi connectivity index (χ3n) is 10.4. The number of benzene rings is 8. The lowest BCUT2D eigenvalue weighted by Gasteiger charge is -2.33. The Morgan fingerprint density at radius 2 is 1.04 bits per heavy atom. The van der Waals surface area contributed by atoms with Crippen molar-refractivity contribution in [2.75, 3.05) is 0 Å². The van der Waals surface area contributed by atoms with Gasteiger partial charge in [0.15, 0.2) is 0 Å². The first-order chi connectivity index (χ1) is 26.3. The highest BCUT2D eigenvalue weighted by molar-refractivity contribution is 6.10. The second kappa shape index (κ2) is 13.1.